The van der Waals surface area contributed by atoms with Crippen molar-refractivity contribution in [2.45, 2.75) is 44.0 Å². The first-order chi connectivity index (χ1) is 15.1. The Kier molecular flexibility index (Phi) is 5.85. The monoisotopic (exact) mass is 455 g/mol. The van der Waals surface area contributed by atoms with Crippen LogP contribution < -0.4 is 9.80 Å². The zero-order valence-corrected chi connectivity index (χ0v) is 19.7. The highest BCUT2D eigenvalue weighted by Crippen LogP contribution is 2.41. The van der Waals surface area contributed by atoms with Crippen molar-refractivity contribution in [2.75, 3.05) is 30.4 Å². The molecule has 2 aromatic carbocycles. The van der Waals surface area contributed by atoms with E-state index in [4.69, 9.17) is 0 Å². The molecule has 0 radical (unpaired) electrons. The van der Waals surface area contributed by atoms with Crippen molar-refractivity contribution in [2.24, 2.45) is 5.92 Å². The van der Waals surface area contributed by atoms with E-state index in [1.54, 1.807) is 23.1 Å². The van der Waals surface area contributed by atoms with Crippen molar-refractivity contribution < 1.29 is 18.0 Å². The Morgan fingerprint density at radius 2 is 1.69 bits per heavy atom. The van der Waals surface area contributed by atoms with Gasteiger partial charge in [0.2, 0.25) is 21.8 Å². The fourth-order valence-corrected chi connectivity index (χ4v) is 5.36. The molecule has 1 heterocycles. The molecule has 2 amide bonds. The molecule has 0 bridgehead atoms. The third kappa shape index (κ3) is 3.82. The molecular formula is C24H29N3O4S. The SMILES string of the molecule is CC(=O)N1c2ccc(-c3cccc(S(=O)(=O)N(C)C)c3)cc2N(C(=O)C2CCC2)C[C@@H]1C. The van der Waals surface area contributed by atoms with Gasteiger partial charge in [-0.25, -0.2) is 12.7 Å². The van der Waals surface area contributed by atoms with Crippen LogP contribution in [0.1, 0.15) is 33.1 Å². The van der Waals surface area contributed by atoms with E-state index in [2.05, 4.69) is 0 Å². The van der Waals surface area contributed by atoms with Crippen LogP contribution in [0.4, 0.5) is 11.4 Å². The number of anilines is 2. The maximum atomic E-state index is 13.2. The van der Waals surface area contributed by atoms with Gasteiger partial charge in [0, 0.05) is 33.5 Å². The zero-order chi connectivity index (χ0) is 23.2. The summed E-state index contributed by atoms with van der Waals surface area (Å²) in [4.78, 5) is 29.3. The molecule has 0 N–H and O–H groups in total. The Morgan fingerprint density at radius 3 is 2.28 bits per heavy atom. The fourth-order valence-electron chi connectivity index (χ4n) is 4.42. The molecule has 7 nitrogen and oxygen atoms in total. The number of carbonyl (C=O) groups is 2. The number of rotatable bonds is 4. The molecule has 2 aromatic rings. The van der Waals surface area contributed by atoms with E-state index in [0.717, 1.165) is 30.4 Å². The first kappa shape index (κ1) is 22.5. The average molecular weight is 456 g/mol. The highest BCUT2D eigenvalue weighted by Gasteiger charge is 2.37. The summed E-state index contributed by atoms with van der Waals surface area (Å²) in [5.41, 5.74) is 2.95. The summed E-state index contributed by atoms with van der Waals surface area (Å²) in [5.74, 6) is 0.0751. The second kappa shape index (κ2) is 8.33. The summed E-state index contributed by atoms with van der Waals surface area (Å²) < 4.78 is 26.4. The molecule has 4 rings (SSSR count). The van der Waals surface area contributed by atoms with E-state index in [0.29, 0.717) is 17.9 Å². The van der Waals surface area contributed by atoms with Crippen LogP contribution in [0.3, 0.4) is 0 Å². The second-order valence-corrected chi connectivity index (χ2v) is 11.0. The Labute approximate surface area is 189 Å². The number of hydrogen-bond acceptors (Lipinski definition) is 4. The highest BCUT2D eigenvalue weighted by atomic mass is 32.2. The summed E-state index contributed by atoms with van der Waals surface area (Å²) >= 11 is 0. The van der Waals surface area contributed by atoms with Crippen LogP contribution in [0.5, 0.6) is 0 Å². The van der Waals surface area contributed by atoms with Crippen molar-refractivity contribution in [1.29, 1.82) is 0 Å². The molecule has 1 saturated carbocycles. The highest BCUT2D eigenvalue weighted by molar-refractivity contribution is 7.89. The number of amides is 2. The van der Waals surface area contributed by atoms with Gasteiger partial charge in [-0.05, 0) is 55.2 Å². The molecule has 170 valence electrons. The topological polar surface area (TPSA) is 78.0 Å². The van der Waals surface area contributed by atoms with E-state index in [-0.39, 0.29) is 28.7 Å². The molecule has 1 aliphatic heterocycles. The van der Waals surface area contributed by atoms with Gasteiger partial charge in [-0.15, -0.1) is 0 Å². The molecule has 32 heavy (non-hydrogen) atoms. The predicted octanol–water partition coefficient (Wildman–Crippen LogP) is 3.49. The average Bonchev–Trinajstić information content (AvgIpc) is 2.71. The number of sulfonamides is 1. The molecule has 8 heteroatoms. The van der Waals surface area contributed by atoms with Crippen molar-refractivity contribution in [3.63, 3.8) is 0 Å². The Bertz CT molecular complexity index is 1170. The van der Waals surface area contributed by atoms with E-state index < -0.39 is 10.0 Å². The van der Waals surface area contributed by atoms with E-state index in [1.807, 2.05) is 36.1 Å². The number of hydrogen-bond donors (Lipinski definition) is 0. The summed E-state index contributed by atoms with van der Waals surface area (Å²) in [6.07, 6.45) is 2.87. The number of benzene rings is 2. The van der Waals surface area contributed by atoms with Gasteiger partial charge in [-0.3, -0.25) is 9.59 Å². The smallest absolute Gasteiger partial charge is 0.242 e. The van der Waals surface area contributed by atoms with Crippen molar-refractivity contribution >= 4 is 33.2 Å². The zero-order valence-electron chi connectivity index (χ0n) is 18.9. The normalized spacial score (nSPS) is 19.0. The third-order valence-corrected chi connectivity index (χ3v) is 8.23. The van der Waals surface area contributed by atoms with E-state index in [1.165, 1.54) is 25.3 Å². The van der Waals surface area contributed by atoms with Crippen molar-refractivity contribution in [3.8, 4) is 11.1 Å². The van der Waals surface area contributed by atoms with Crippen LogP contribution >= 0.6 is 0 Å². The lowest BCUT2D eigenvalue weighted by Crippen LogP contribution is -2.53. The van der Waals surface area contributed by atoms with Crippen LogP contribution in [0, 0.1) is 5.92 Å². The minimum absolute atomic E-state index is 0.0381. The third-order valence-electron chi connectivity index (χ3n) is 6.42. The maximum Gasteiger partial charge on any atom is 0.242 e. The van der Waals surface area contributed by atoms with Gasteiger partial charge in [-0.2, -0.15) is 0 Å². The molecule has 0 spiro atoms. The van der Waals surface area contributed by atoms with Gasteiger partial charge in [-0.1, -0.05) is 24.6 Å². The van der Waals surface area contributed by atoms with Crippen molar-refractivity contribution in [1.82, 2.24) is 4.31 Å². The lowest BCUT2D eigenvalue weighted by Gasteiger charge is -2.43. The van der Waals surface area contributed by atoms with E-state index >= 15 is 0 Å². The van der Waals surface area contributed by atoms with Gasteiger partial charge in [0.05, 0.1) is 22.3 Å². The summed E-state index contributed by atoms with van der Waals surface area (Å²) in [6.45, 7) is 3.93. The van der Waals surface area contributed by atoms with Crippen LogP contribution in [0.2, 0.25) is 0 Å². The number of fused-ring (bicyclic) bond motifs is 1. The molecule has 0 unspecified atom stereocenters. The minimum atomic E-state index is -3.57. The van der Waals surface area contributed by atoms with E-state index in [9.17, 15) is 18.0 Å². The van der Waals surface area contributed by atoms with Gasteiger partial charge in [0.15, 0.2) is 0 Å². The maximum absolute atomic E-state index is 13.2. The van der Waals surface area contributed by atoms with Gasteiger partial charge in [0.25, 0.3) is 0 Å². The molecule has 1 fully saturated rings. The second-order valence-electron chi connectivity index (χ2n) is 8.83. The molecule has 0 saturated heterocycles. The Hall–Kier alpha value is -2.71. The molecule has 1 aliphatic carbocycles. The first-order valence-electron chi connectivity index (χ1n) is 10.9. The largest absolute Gasteiger partial charge is 0.308 e. The standard InChI is InChI=1S/C24H29N3O4S/c1-16-15-26(24(29)18-7-5-8-18)23-14-20(11-12-22(23)27(16)17(2)28)19-9-6-10-21(13-19)32(30,31)25(3)4/h6,9-14,16,18H,5,7-8,15H2,1-4H3/t16-/m0/s1. The lowest BCUT2D eigenvalue weighted by molar-refractivity contribution is -0.125. The van der Waals surface area contributed by atoms with Gasteiger partial charge in [0.1, 0.15) is 0 Å². The minimum Gasteiger partial charge on any atom is -0.308 e. The quantitative estimate of drug-likeness (QED) is 0.707. The predicted molar refractivity (Wildman–Crippen MR) is 125 cm³/mol. The number of nitrogens with zero attached hydrogens (tertiary/aromatic N) is 3. The Morgan fingerprint density at radius 1 is 1.00 bits per heavy atom. The van der Waals surface area contributed by atoms with Crippen LogP contribution in [-0.4, -0.2) is 51.2 Å². The molecule has 0 aromatic heterocycles. The summed E-state index contributed by atoms with van der Waals surface area (Å²) in [5, 5.41) is 0. The van der Waals surface area contributed by atoms with Gasteiger partial charge >= 0.3 is 0 Å². The van der Waals surface area contributed by atoms with Crippen LogP contribution in [-0.2, 0) is 19.6 Å². The summed E-state index contributed by atoms with van der Waals surface area (Å²) in [6, 6.07) is 12.3. The van der Waals surface area contributed by atoms with Crippen LogP contribution in [0.25, 0.3) is 11.1 Å². The molecular weight excluding hydrogens is 426 g/mol. The van der Waals surface area contributed by atoms with Crippen molar-refractivity contribution in [3.05, 3.63) is 42.5 Å². The van der Waals surface area contributed by atoms with Gasteiger partial charge < -0.3 is 9.80 Å². The Balaban J connectivity index is 1.81. The fraction of sp³-hybridized carbons (Fsp3) is 0.417. The first-order valence-corrected chi connectivity index (χ1v) is 12.3. The van der Waals surface area contributed by atoms with Crippen LogP contribution in [0.15, 0.2) is 47.4 Å². The number of carbonyl (C=O) groups excluding carboxylic acids is 2. The molecule has 1 atom stereocenters. The molecule has 2 aliphatic rings. The summed E-state index contributed by atoms with van der Waals surface area (Å²) in [7, 11) is -0.563. The lowest BCUT2D eigenvalue weighted by atomic mass is 9.84.